The van der Waals surface area contributed by atoms with E-state index in [2.05, 4.69) is 5.32 Å². The summed E-state index contributed by atoms with van der Waals surface area (Å²) in [7, 11) is 0. The Labute approximate surface area is 83.1 Å². The van der Waals surface area contributed by atoms with Crippen LogP contribution in [0.25, 0.3) is 0 Å². The minimum absolute atomic E-state index is 0.270. The second kappa shape index (κ2) is 5.11. The monoisotopic (exact) mass is 194 g/mol. The van der Waals surface area contributed by atoms with Crippen molar-refractivity contribution >= 4 is 11.8 Å². The molecule has 0 aliphatic carbocycles. The molecule has 3 N–H and O–H groups in total. The zero-order valence-corrected chi connectivity index (χ0v) is 8.12. The van der Waals surface area contributed by atoms with Crippen LogP contribution in [0.3, 0.4) is 0 Å². The molecule has 0 saturated carbocycles. The van der Waals surface area contributed by atoms with E-state index in [1.54, 1.807) is 12.1 Å². The van der Waals surface area contributed by atoms with Gasteiger partial charge in [-0.1, -0.05) is 12.1 Å². The number of amides is 1. The van der Waals surface area contributed by atoms with Crippen molar-refractivity contribution < 1.29 is 9.53 Å². The Morgan fingerprint density at radius 1 is 1.43 bits per heavy atom. The highest BCUT2D eigenvalue weighted by Crippen LogP contribution is 2.06. The highest BCUT2D eigenvalue weighted by Gasteiger charge is 1.99. The zero-order chi connectivity index (χ0) is 10.4. The third-order valence-corrected chi connectivity index (χ3v) is 1.67. The molecule has 14 heavy (non-hydrogen) atoms. The standard InChI is InChI=1S/C10H14N2O2/c1-2-12-10(13)14-7-8-3-5-9(11)6-4-8/h3-6H,2,7,11H2,1H3,(H,12,13). The summed E-state index contributed by atoms with van der Waals surface area (Å²) in [5.74, 6) is 0. The third-order valence-electron chi connectivity index (χ3n) is 1.67. The lowest BCUT2D eigenvalue weighted by Gasteiger charge is -2.05. The molecular weight excluding hydrogens is 180 g/mol. The molecule has 0 aliphatic rings. The highest BCUT2D eigenvalue weighted by molar-refractivity contribution is 5.67. The number of ether oxygens (including phenoxy) is 1. The van der Waals surface area contributed by atoms with Crippen LogP contribution in [-0.2, 0) is 11.3 Å². The van der Waals surface area contributed by atoms with Crippen molar-refractivity contribution in [2.24, 2.45) is 0 Å². The quantitative estimate of drug-likeness (QED) is 0.717. The summed E-state index contributed by atoms with van der Waals surface area (Å²) in [6.45, 7) is 2.68. The number of nitrogens with two attached hydrogens (primary N) is 1. The molecule has 0 fully saturated rings. The lowest BCUT2D eigenvalue weighted by atomic mass is 10.2. The molecule has 1 aromatic carbocycles. The molecule has 76 valence electrons. The fourth-order valence-electron chi connectivity index (χ4n) is 0.958. The van der Waals surface area contributed by atoms with E-state index in [9.17, 15) is 4.79 Å². The van der Waals surface area contributed by atoms with Crippen LogP contribution in [0.15, 0.2) is 24.3 Å². The Balaban J connectivity index is 2.38. The van der Waals surface area contributed by atoms with E-state index in [1.165, 1.54) is 0 Å². The minimum Gasteiger partial charge on any atom is -0.445 e. The zero-order valence-electron chi connectivity index (χ0n) is 8.12. The normalized spacial score (nSPS) is 9.50. The van der Waals surface area contributed by atoms with Crippen LogP contribution >= 0.6 is 0 Å². The van der Waals surface area contributed by atoms with Crippen LogP contribution in [0.1, 0.15) is 12.5 Å². The van der Waals surface area contributed by atoms with Crippen LogP contribution in [0, 0.1) is 0 Å². The van der Waals surface area contributed by atoms with Crippen molar-refractivity contribution in [1.82, 2.24) is 5.32 Å². The van der Waals surface area contributed by atoms with E-state index < -0.39 is 6.09 Å². The number of anilines is 1. The van der Waals surface area contributed by atoms with E-state index in [-0.39, 0.29) is 6.61 Å². The van der Waals surface area contributed by atoms with Crippen molar-refractivity contribution in [2.45, 2.75) is 13.5 Å². The maximum atomic E-state index is 10.9. The van der Waals surface area contributed by atoms with E-state index >= 15 is 0 Å². The molecule has 1 rings (SSSR count). The largest absolute Gasteiger partial charge is 0.445 e. The first kappa shape index (κ1) is 10.4. The molecule has 1 amide bonds. The molecule has 0 spiro atoms. The Morgan fingerprint density at radius 3 is 2.64 bits per heavy atom. The summed E-state index contributed by atoms with van der Waals surface area (Å²) in [6, 6.07) is 7.20. The molecule has 0 heterocycles. The highest BCUT2D eigenvalue weighted by atomic mass is 16.5. The van der Waals surface area contributed by atoms with E-state index in [0.29, 0.717) is 12.2 Å². The number of hydrogen-bond acceptors (Lipinski definition) is 3. The second-order valence-electron chi connectivity index (χ2n) is 2.85. The van der Waals surface area contributed by atoms with E-state index in [1.807, 2.05) is 19.1 Å². The first-order chi connectivity index (χ1) is 6.72. The summed E-state index contributed by atoms with van der Waals surface area (Å²) in [4.78, 5) is 10.9. The van der Waals surface area contributed by atoms with Crippen molar-refractivity contribution in [3.05, 3.63) is 29.8 Å². The average molecular weight is 194 g/mol. The average Bonchev–Trinajstić information content (AvgIpc) is 2.17. The number of nitrogens with one attached hydrogen (secondary N) is 1. The molecule has 4 heteroatoms. The fourth-order valence-corrected chi connectivity index (χ4v) is 0.958. The van der Waals surface area contributed by atoms with Gasteiger partial charge in [-0.2, -0.15) is 0 Å². The van der Waals surface area contributed by atoms with E-state index in [0.717, 1.165) is 5.56 Å². The Morgan fingerprint density at radius 2 is 2.07 bits per heavy atom. The molecule has 0 saturated heterocycles. The predicted octanol–water partition coefficient (Wildman–Crippen LogP) is 1.51. The lowest BCUT2D eigenvalue weighted by Crippen LogP contribution is -2.23. The predicted molar refractivity (Wildman–Crippen MR) is 54.7 cm³/mol. The summed E-state index contributed by atoms with van der Waals surface area (Å²) >= 11 is 0. The number of nitrogen functional groups attached to an aromatic ring is 1. The van der Waals surface area contributed by atoms with Gasteiger partial charge in [-0.15, -0.1) is 0 Å². The Kier molecular flexibility index (Phi) is 3.79. The first-order valence-corrected chi connectivity index (χ1v) is 4.47. The van der Waals surface area contributed by atoms with E-state index in [4.69, 9.17) is 10.5 Å². The number of alkyl carbamates (subject to hydrolysis) is 1. The number of hydrogen-bond donors (Lipinski definition) is 2. The number of rotatable bonds is 3. The smallest absolute Gasteiger partial charge is 0.407 e. The lowest BCUT2D eigenvalue weighted by molar-refractivity contribution is 0.140. The summed E-state index contributed by atoms with van der Waals surface area (Å²) in [5.41, 5.74) is 7.13. The molecule has 0 unspecified atom stereocenters. The summed E-state index contributed by atoms with van der Waals surface area (Å²) < 4.78 is 4.92. The Bertz CT molecular complexity index is 295. The van der Waals surface area contributed by atoms with Crippen LogP contribution in [0.2, 0.25) is 0 Å². The molecule has 0 radical (unpaired) electrons. The maximum absolute atomic E-state index is 10.9. The molecule has 0 aromatic heterocycles. The molecule has 4 nitrogen and oxygen atoms in total. The molecule has 0 aliphatic heterocycles. The molecular formula is C10H14N2O2. The summed E-state index contributed by atoms with van der Waals surface area (Å²) in [5, 5.41) is 2.54. The van der Waals surface area contributed by atoms with Gasteiger partial charge in [0.1, 0.15) is 6.61 Å². The number of benzene rings is 1. The van der Waals surface area contributed by atoms with Gasteiger partial charge in [0.25, 0.3) is 0 Å². The van der Waals surface area contributed by atoms with Crippen molar-refractivity contribution in [3.8, 4) is 0 Å². The molecule has 1 aromatic rings. The molecule has 0 bridgehead atoms. The third kappa shape index (κ3) is 3.35. The van der Waals surface area contributed by atoms with Crippen LogP contribution in [0.4, 0.5) is 10.5 Å². The maximum Gasteiger partial charge on any atom is 0.407 e. The summed E-state index contributed by atoms with van der Waals surface area (Å²) in [6.07, 6.45) is -0.399. The van der Waals surface area contributed by atoms with Gasteiger partial charge in [0.2, 0.25) is 0 Å². The van der Waals surface area contributed by atoms with Gasteiger partial charge in [-0.05, 0) is 24.6 Å². The number of carbonyl (C=O) groups is 1. The van der Waals surface area contributed by atoms with Gasteiger partial charge in [-0.25, -0.2) is 4.79 Å². The van der Waals surface area contributed by atoms with Crippen LogP contribution in [0.5, 0.6) is 0 Å². The topological polar surface area (TPSA) is 64.3 Å². The molecule has 0 atom stereocenters. The van der Waals surface area contributed by atoms with Gasteiger partial charge < -0.3 is 15.8 Å². The fraction of sp³-hybridized carbons (Fsp3) is 0.300. The SMILES string of the molecule is CCNC(=O)OCc1ccc(N)cc1. The first-order valence-electron chi connectivity index (χ1n) is 4.47. The minimum atomic E-state index is -0.399. The van der Waals surface area contributed by atoms with Crippen LogP contribution in [-0.4, -0.2) is 12.6 Å². The van der Waals surface area contributed by atoms with Crippen molar-refractivity contribution in [1.29, 1.82) is 0 Å². The van der Waals surface area contributed by atoms with Gasteiger partial charge >= 0.3 is 6.09 Å². The Hall–Kier alpha value is -1.71. The van der Waals surface area contributed by atoms with Gasteiger partial charge in [0, 0.05) is 12.2 Å². The van der Waals surface area contributed by atoms with Crippen LogP contribution < -0.4 is 11.1 Å². The van der Waals surface area contributed by atoms with Gasteiger partial charge in [0.05, 0.1) is 0 Å². The second-order valence-corrected chi connectivity index (χ2v) is 2.85. The van der Waals surface area contributed by atoms with Gasteiger partial charge in [0.15, 0.2) is 0 Å². The number of carbonyl (C=O) groups excluding carboxylic acids is 1. The van der Waals surface area contributed by atoms with Gasteiger partial charge in [-0.3, -0.25) is 0 Å². The van der Waals surface area contributed by atoms with Crippen molar-refractivity contribution in [2.75, 3.05) is 12.3 Å². The van der Waals surface area contributed by atoms with Crippen molar-refractivity contribution in [3.63, 3.8) is 0 Å².